The summed E-state index contributed by atoms with van der Waals surface area (Å²) in [6.45, 7) is 9.39. The molecule has 6 heteroatoms. The molecule has 0 aliphatic heterocycles. The van der Waals surface area contributed by atoms with Crippen molar-refractivity contribution in [1.82, 2.24) is 9.21 Å². The molecule has 28 heavy (non-hydrogen) atoms. The van der Waals surface area contributed by atoms with Crippen LogP contribution < -0.4 is 0 Å². The summed E-state index contributed by atoms with van der Waals surface area (Å²) < 4.78 is 27.1. The first-order chi connectivity index (χ1) is 13.3. The summed E-state index contributed by atoms with van der Waals surface area (Å²) in [5.74, 6) is -0.139. The van der Waals surface area contributed by atoms with Crippen molar-refractivity contribution in [2.24, 2.45) is 0 Å². The molecule has 0 aliphatic rings. The zero-order valence-corrected chi connectivity index (χ0v) is 18.0. The van der Waals surface area contributed by atoms with Gasteiger partial charge in [-0.25, -0.2) is 8.42 Å². The fraction of sp³-hybridized carbons (Fsp3) is 0.409. The molecule has 0 spiro atoms. The zero-order chi connectivity index (χ0) is 20.7. The molecule has 0 aliphatic carbocycles. The minimum absolute atomic E-state index is 0.139. The van der Waals surface area contributed by atoms with Gasteiger partial charge in [-0.05, 0) is 36.6 Å². The van der Waals surface area contributed by atoms with Gasteiger partial charge in [0.05, 0.1) is 4.90 Å². The Hall–Kier alpha value is -2.18. The second kappa shape index (κ2) is 9.85. The Labute approximate surface area is 169 Å². The number of aryl methyl sites for hydroxylation is 1. The molecule has 0 fully saturated rings. The van der Waals surface area contributed by atoms with Crippen molar-refractivity contribution in [3.63, 3.8) is 0 Å². The van der Waals surface area contributed by atoms with Crippen LogP contribution in [-0.4, -0.2) is 43.2 Å². The molecule has 0 heterocycles. The van der Waals surface area contributed by atoms with Crippen molar-refractivity contribution in [1.29, 1.82) is 0 Å². The molecule has 1 amide bonds. The van der Waals surface area contributed by atoms with Gasteiger partial charge in [0, 0.05) is 31.7 Å². The normalized spacial score (nSPS) is 11.6. The minimum Gasteiger partial charge on any atom is -0.334 e. The van der Waals surface area contributed by atoms with Gasteiger partial charge in [-0.15, -0.1) is 0 Å². The third kappa shape index (κ3) is 5.00. The third-order valence-electron chi connectivity index (χ3n) is 4.78. The maximum atomic E-state index is 13.3. The van der Waals surface area contributed by atoms with Crippen LogP contribution in [0.15, 0.2) is 53.4 Å². The SMILES string of the molecule is CCCN(Cc1ccccc1)C(=O)c1cc(S(=O)(=O)N(CC)CC)ccc1C. The van der Waals surface area contributed by atoms with Crippen LogP contribution in [0.5, 0.6) is 0 Å². The van der Waals surface area contributed by atoms with Crippen LogP contribution in [0.1, 0.15) is 48.7 Å². The predicted octanol–water partition coefficient (Wildman–Crippen LogP) is 4.08. The second-order valence-corrected chi connectivity index (χ2v) is 8.72. The lowest BCUT2D eigenvalue weighted by Crippen LogP contribution is -2.33. The number of benzene rings is 2. The minimum atomic E-state index is -3.61. The Kier molecular flexibility index (Phi) is 7.78. The number of carbonyl (C=O) groups excluding carboxylic acids is 1. The van der Waals surface area contributed by atoms with Crippen LogP contribution in [-0.2, 0) is 16.6 Å². The lowest BCUT2D eigenvalue weighted by molar-refractivity contribution is 0.0742. The van der Waals surface area contributed by atoms with Gasteiger partial charge >= 0.3 is 0 Å². The van der Waals surface area contributed by atoms with Gasteiger partial charge in [0.25, 0.3) is 5.91 Å². The summed E-state index contributed by atoms with van der Waals surface area (Å²) in [6.07, 6.45) is 0.828. The van der Waals surface area contributed by atoms with Gasteiger partial charge in [0.15, 0.2) is 0 Å². The zero-order valence-electron chi connectivity index (χ0n) is 17.2. The van der Waals surface area contributed by atoms with Gasteiger partial charge in [-0.3, -0.25) is 4.79 Å². The van der Waals surface area contributed by atoms with Gasteiger partial charge in [0.1, 0.15) is 0 Å². The van der Waals surface area contributed by atoms with Crippen LogP contribution in [0.25, 0.3) is 0 Å². The molecule has 0 aromatic heterocycles. The average Bonchev–Trinajstić information content (AvgIpc) is 2.69. The van der Waals surface area contributed by atoms with E-state index >= 15 is 0 Å². The molecule has 0 atom stereocenters. The number of hydrogen-bond acceptors (Lipinski definition) is 3. The summed E-state index contributed by atoms with van der Waals surface area (Å²) >= 11 is 0. The first kappa shape index (κ1) is 22.1. The van der Waals surface area contributed by atoms with Gasteiger partial charge < -0.3 is 4.90 Å². The maximum absolute atomic E-state index is 13.3. The molecule has 0 saturated carbocycles. The molecule has 0 radical (unpaired) electrons. The summed E-state index contributed by atoms with van der Waals surface area (Å²) in [4.78, 5) is 15.2. The standard InChI is InChI=1S/C22H30N2O3S/c1-5-15-23(17-19-11-9-8-10-12-19)22(25)21-16-20(14-13-18(21)4)28(26,27)24(6-2)7-3/h8-14,16H,5-7,15,17H2,1-4H3. The highest BCUT2D eigenvalue weighted by Gasteiger charge is 2.25. The number of rotatable bonds is 9. The molecular weight excluding hydrogens is 372 g/mol. The summed E-state index contributed by atoms with van der Waals surface area (Å²) in [5.41, 5.74) is 2.27. The van der Waals surface area contributed by atoms with E-state index in [9.17, 15) is 13.2 Å². The quantitative estimate of drug-likeness (QED) is 0.635. The average molecular weight is 403 g/mol. The molecule has 0 bridgehead atoms. The molecule has 0 saturated heterocycles. The molecule has 2 rings (SSSR count). The topological polar surface area (TPSA) is 57.7 Å². The van der Waals surface area contributed by atoms with E-state index in [2.05, 4.69) is 0 Å². The molecule has 152 valence electrons. The highest BCUT2D eigenvalue weighted by molar-refractivity contribution is 7.89. The summed E-state index contributed by atoms with van der Waals surface area (Å²) in [6, 6.07) is 14.7. The summed E-state index contributed by atoms with van der Waals surface area (Å²) in [7, 11) is -3.61. The van der Waals surface area contributed by atoms with Gasteiger partial charge in [-0.1, -0.05) is 57.2 Å². The number of nitrogens with zero attached hydrogens (tertiary/aromatic N) is 2. The molecule has 0 N–H and O–H groups in total. The third-order valence-corrected chi connectivity index (χ3v) is 6.83. The Balaban J connectivity index is 2.40. The molecular formula is C22H30N2O3S. The molecule has 2 aromatic rings. The van der Waals surface area contributed by atoms with Crippen LogP contribution in [0.3, 0.4) is 0 Å². The van der Waals surface area contributed by atoms with Gasteiger partial charge in [0.2, 0.25) is 10.0 Å². The maximum Gasteiger partial charge on any atom is 0.254 e. The fourth-order valence-electron chi connectivity index (χ4n) is 3.20. The van der Waals surface area contributed by atoms with Crippen molar-refractivity contribution in [3.05, 3.63) is 65.2 Å². The van der Waals surface area contributed by atoms with E-state index in [-0.39, 0.29) is 10.8 Å². The molecule has 2 aromatic carbocycles. The number of sulfonamides is 1. The van der Waals surface area contributed by atoms with Crippen LogP contribution in [0, 0.1) is 6.92 Å². The fourth-order valence-corrected chi connectivity index (χ4v) is 4.69. The number of hydrogen-bond donors (Lipinski definition) is 0. The highest BCUT2D eigenvalue weighted by atomic mass is 32.2. The number of amides is 1. The smallest absolute Gasteiger partial charge is 0.254 e. The van der Waals surface area contributed by atoms with Crippen LogP contribution in [0.4, 0.5) is 0 Å². The second-order valence-electron chi connectivity index (χ2n) is 6.78. The Morgan fingerprint density at radius 3 is 2.18 bits per heavy atom. The van der Waals surface area contributed by atoms with Crippen molar-refractivity contribution in [2.75, 3.05) is 19.6 Å². The van der Waals surface area contributed by atoms with E-state index in [1.54, 1.807) is 17.0 Å². The van der Waals surface area contributed by atoms with E-state index in [1.807, 2.05) is 58.0 Å². The first-order valence-electron chi connectivity index (χ1n) is 9.79. The van der Waals surface area contributed by atoms with E-state index in [4.69, 9.17) is 0 Å². The monoisotopic (exact) mass is 402 g/mol. The lowest BCUT2D eigenvalue weighted by atomic mass is 10.1. The largest absolute Gasteiger partial charge is 0.334 e. The van der Waals surface area contributed by atoms with Crippen molar-refractivity contribution >= 4 is 15.9 Å². The van der Waals surface area contributed by atoms with Crippen molar-refractivity contribution in [3.8, 4) is 0 Å². The molecule has 5 nitrogen and oxygen atoms in total. The Morgan fingerprint density at radius 2 is 1.61 bits per heavy atom. The van der Waals surface area contributed by atoms with E-state index in [1.165, 1.54) is 10.4 Å². The Morgan fingerprint density at radius 1 is 0.964 bits per heavy atom. The highest BCUT2D eigenvalue weighted by Crippen LogP contribution is 2.21. The van der Waals surface area contributed by atoms with E-state index in [0.717, 1.165) is 17.5 Å². The van der Waals surface area contributed by atoms with Gasteiger partial charge in [-0.2, -0.15) is 4.31 Å². The first-order valence-corrected chi connectivity index (χ1v) is 11.2. The molecule has 0 unspecified atom stereocenters. The van der Waals surface area contributed by atoms with E-state index < -0.39 is 10.0 Å². The van der Waals surface area contributed by atoms with Crippen LogP contribution in [0.2, 0.25) is 0 Å². The van der Waals surface area contributed by atoms with Crippen molar-refractivity contribution < 1.29 is 13.2 Å². The van der Waals surface area contributed by atoms with Crippen molar-refractivity contribution in [2.45, 2.75) is 45.6 Å². The van der Waals surface area contributed by atoms with Crippen LogP contribution >= 0.6 is 0 Å². The predicted molar refractivity (Wildman–Crippen MR) is 113 cm³/mol. The Bertz CT molecular complexity index is 891. The summed E-state index contributed by atoms with van der Waals surface area (Å²) in [5, 5.41) is 0. The van der Waals surface area contributed by atoms with E-state index in [0.29, 0.717) is 31.7 Å². The lowest BCUT2D eigenvalue weighted by Gasteiger charge is -2.24. The number of carbonyl (C=O) groups is 1.